The lowest BCUT2D eigenvalue weighted by Gasteiger charge is -2.31. The van der Waals surface area contributed by atoms with Gasteiger partial charge in [0.2, 0.25) is 0 Å². The molecule has 0 aromatic carbocycles. The van der Waals surface area contributed by atoms with Crippen LogP contribution in [0.1, 0.15) is 35.9 Å². The molecule has 3 rings (SSSR count). The summed E-state index contributed by atoms with van der Waals surface area (Å²) < 4.78 is 1.65. The Morgan fingerprint density at radius 2 is 2.38 bits per heavy atom. The first-order valence-corrected chi connectivity index (χ1v) is 7.46. The fourth-order valence-electron chi connectivity index (χ4n) is 3.01. The van der Waals surface area contributed by atoms with Crippen molar-refractivity contribution in [1.82, 2.24) is 19.5 Å². The summed E-state index contributed by atoms with van der Waals surface area (Å²) in [6.45, 7) is 5.58. The molecule has 0 aliphatic carbocycles. The van der Waals surface area contributed by atoms with Crippen molar-refractivity contribution in [2.24, 2.45) is 5.92 Å². The van der Waals surface area contributed by atoms with E-state index in [2.05, 4.69) is 21.9 Å². The Balaban J connectivity index is 1.76. The van der Waals surface area contributed by atoms with Crippen LogP contribution in [0.2, 0.25) is 0 Å². The summed E-state index contributed by atoms with van der Waals surface area (Å²) in [6, 6.07) is 3.12. The fourth-order valence-corrected chi connectivity index (χ4v) is 3.01. The molecule has 0 saturated carbocycles. The SMILES string of the molecule is CCN1CCCC(Cc2nc3cc(C(=O)O)ccn3n2)C1. The molecule has 6 heteroatoms. The quantitative estimate of drug-likeness (QED) is 0.927. The van der Waals surface area contributed by atoms with E-state index in [0.717, 1.165) is 25.3 Å². The van der Waals surface area contributed by atoms with Gasteiger partial charge in [0.25, 0.3) is 0 Å². The molecule has 1 atom stereocenters. The van der Waals surface area contributed by atoms with Gasteiger partial charge in [0, 0.05) is 19.2 Å². The maximum Gasteiger partial charge on any atom is 0.335 e. The van der Waals surface area contributed by atoms with E-state index in [4.69, 9.17) is 5.11 Å². The minimum Gasteiger partial charge on any atom is -0.478 e. The van der Waals surface area contributed by atoms with Crippen LogP contribution in [-0.2, 0) is 6.42 Å². The summed E-state index contributed by atoms with van der Waals surface area (Å²) in [7, 11) is 0. The van der Waals surface area contributed by atoms with Crippen molar-refractivity contribution in [2.45, 2.75) is 26.2 Å². The van der Waals surface area contributed by atoms with Crippen molar-refractivity contribution in [2.75, 3.05) is 19.6 Å². The van der Waals surface area contributed by atoms with Crippen LogP contribution >= 0.6 is 0 Å². The number of carboxylic acid groups (broad SMARTS) is 1. The van der Waals surface area contributed by atoms with Crippen LogP contribution in [0.5, 0.6) is 0 Å². The molecule has 1 N–H and O–H groups in total. The number of piperidine rings is 1. The highest BCUT2D eigenvalue weighted by molar-refractivity contribution is 5.88. The molecular formula is C15H20N4O2. The average Bonchev–Trinajstić information content (AvgIpc) is 2.88. The van der Waals surface area contributed by atoms with Crippen molar-refractivity contribution in [1.29, 1.82) is 0 Å². The van der Waals surface area contributed by atoms with E-state index in [-0.39, 0.29) is 5.56 Å². The Morgan fingerprint density at radius 3 is 3.14 bits per heavy atom. The number of nitrogens with zero attached hydrogens (tertiary/aromatic N) is 4. The number of aromatic nitrogens is 3. The topological polar surface area (TPSA) is 70.7 Å². The summed E-state index contributed by atoms with van der Waals surface area (Å²) in [5, 5.41) is 13.5. The second kappa shape index (κ2) is 5.81. The number of hydrogen-bond acceptors (Lipinski definition) is 4. The Bertz CT molecular complexity index is 652. The number of rotatable bonds is 4. The molecule has 21 heavy (non-hydrogen) atoms. The molecule has 2 aromatic heterocycles. The summed E-state index contributed by atoms with van der Waals surface area (Å²) in [5.74, 6) is 0.462. The zero-order chi connectivity index (χ0) is 14.8. The average molecular weight is 288 g/mol. The zero-order valence-electron chi connectivity index (χ0n) is 12.2. The van der Waals surface area contributed by atoms with Gasteiger partial charge in [-0.15, -0.1) is 0 Å². The lowest BCUT2D eigenvalue weighted by atomic mass is 9.94. The van der Waals surface area contributed by atoms with Crippen LogP contribution in [0.3, 0.4) is 0 Å². The Labute approximate surface area is 123 Å². The van der Waals surface area contributed by atoms with E-state index in [1.54, 1.807) is 22.8 Å². The van der Waals surface area contributed by atoms with E-state index in [1.165, 1.54) is 19.4 Å². The number of likely N-dealkylation sites (tertiary alicyclic amines) is 1. The summed E-state index contributed by atoms with van der Waals surface area (Å²) in [6.07, 6.45) is 4.97. The normalized spacial score (nSPS) is 20.0. The van der Waals surface area contributed by atoms with E-state index in [9.17, 15) is 4.79 Å². The minimum absolute atomic E-state index is 0.247. The number of fused-ring (bicyclic) bond motifs is 1. The number of hydrogen-bond donors (Lipinski definition) is 1. The largest absolute Gasteiger partial charge is 0.478 e. The van der Waals surface area contributed by atoms with Crippen LogP contribution in [-0.4, -0.2) is 50.2 Å². The van der Waals surface area contributed by atoms with Gasteiger partial charge in [-0.3, -0.25) is 0 Å². The first-order chi connectivity index (χ1) is 10.2. The van der Waals surface area contributed by atoms with Crippen molar-refractivity contribution in [3.05, 3.63) is 29.7 Å². The van der Waals surface area contributed by atoms with Gasteiger partial charge in [-0.2, -0.15) is 5.10 Å². The summed E-state index contributed by atoms with van der Waals surface area (Å²) in [4.78, 5) is 17.9. The van der Waals surface area contributed by atoms with Gasteiger partial charge in [0.05, 0.1) is 5.56 Å². The van der Waals surface area contributed by atoms with Gasteiger partial charge in [0.1, 0.15) is 0 Å². The Hall–Kier alpha value is -1.95. The molecule has 6 nitrogen and oxygen atoms in total. The van der Waals surface area contributed by atoms with Gasteiger partial charge in [-0.1, -0.05) is 6.92 Å². The van der Waals surface area contributed by atoms with E-state index in [0.29, 0.717) is 11.6 Å². The van der Waals surface area contributed by atoms with Crippen LogP contribution in [0.25, 0.3) is 5.65 Å². The predicted molar refractivity (Wildman–Crippen MR) is 78.5 cm³/mol. The van der Waals surface area contributed by atoms with Crippen LogP contribution in [0.4, 0.5) is 0 Å². The van der Waals surface area contributed by atoms with Crippen molar-refractivity contribution < 1.29 is 9.90 Å². The molecule has 2 aromatic rings. The number of carbonyl (C=O) groups is 1. The maximum absolute atomic E-state index is 11.0. The third-order valence-corrected chi connectivity index (χ3v) is 4.15. The molecule has 0 radical (unpaired) electrons. The van der Waals surface area contributed by atoms with Crippen molar-refractivity contribution in [3.63, 3.8) is 0 Å². The molecule has 1 aliphatic rings. The highest BCUT2D eigenvalue weighted by atomic mass is 16.4. The van der Waals surface area contributed by atoms with Gasteiger partial charge in [0.15, 0.2) is 11.5 Å². The molecule has 1 fully saturated rings. The molecule has 112 valence electrons. The smallest absolute Gasteiger partial charge is 0.335 e. The summed E-state index contributed by atoms with van der Waals surface area (Å²) in [5.41, 5.74) is 0.851. The monoisotopic (exact) mass is 288 g/mol. The van der Waals surface area contributed by atoms with Crippen LogP contribution in [0, 0.1) is 5.92 Å². The van der Waals surface area contributed by atoms with E-state index < -0.39 is 5.97 Å². The van der Waals surface area contributed by atoms with Crippen molar-refractivity contribution in [3.8, 4) is 0 Å². The molecule has 0 amide bonds. The second-order valence-electron chi connectivity index (χ2n) is 5.66. The maximum atomic E-state index is 11.0. The number of pyridine rings is 1. The highest BCUT2D eigenvalue weighted by Crippen LogP contribution is 2.19. The first kappa shape index (κ1) is 14.0. The van der Waals surface area contributed by atoms with Gasteiger partial charge < -0.3 is 10.0 Å². The van der Waals surface area contributed by atoms with E-state index >= 15 is 0 Å². The fraction of sp³-hybridized carbons (Fsp3) is 0.533. The van der Waals surface area contributed by atoms with Gasteiger partial charge >= 0.3 is 5.97 Å². The third kappa shape index (κ3) is 3.05. The molecule has 0 bridgehead atoms. The standard InChI is InChI=1S/C15H20N4O2/c1-2-18-6-3-4-11(10-18)8-13-16-14-9-12(15(20)21)5-7-19(14)17-13/h5,7,9,11H,2-4,6,8,10H2,1H3,(H,20,21). The Kier molecular flexibility index (Phi) is 3.88. The second-order valence-corrected chi connectivity index (χ2v) is 5.66. The Morgan fingerprint density at radius 1 is 1.52 bits per heavy atom. The zero-order valence-corrected chi connectivity index (χ0v) is 12.2. The van der Waals surface area contributed by atoms with E-state index in [1.807, 2.05) is 0 Å². The highest BCUT2D eigenvalue weighted by Gasteiger charge is 2.20. The lowest BCUT2D eigenvalue weighted by Crippen LogP contribution is -2.36. The van der Waals surface area contributed by atoms with Gasteiger partial charge in [-0.25, -0.2) is 14.3 Å². The first-order valence-electron chi connectivity index (χ1n) is 7.46. The summed E-state index contributed by atoms with van der Waals surface area (Å²) >= 11 is 0. The lowest BCUT2D eigenvalue weighted by molar-refractivity contribution is 0.0697. The molecule has 1 unspecified atom stereocenters. The molecule has 3 heterocycles. The number of carboxylic acids is 1. The predicted octanol–water partition coefficient (Wildman–Crippen LogP) is 1.70. The number of aromatic carboxylic acids is 1. The molecule has 0 spiro atoms. The van der Waals surface area contributed by atoms with Crippen LogP contribution in [0.15, 0.2) is 18.3 Å². The van der Waals surface area contributed by atoms with Crippen molar-refractivity contribution >= 4 is 11.6 Å². The third-order valence-electron chi connectivity index (χ3n) is 4.15. The minimum atomic E-state index is -0.937. The molecule has 1 aliphatic heterocycles. The molecular weight excluding hydrogens is 268 g/mol. The molecule has 1 saturated heterocycles. The van der Waals surface area contributed by atoms with Crippen LogP contribution < -0.4 is 0 Å². The van der Waals surface area contributed by atoms with Gasteiger partial charge in [-0.05, 0) is 44.0 Å².